The molecule has 0 N–H and O–H groups in total. The molecule has 3 rings (SSSR count). The monoisotopic (exact) mass is 384 g/mol. The van der Waals surface area contributed by atoms with E-state index in [-0.39, 0.29) is 23.4 Å². The van der Waals surface area contributed by atoms with Crippen molar-refractivity contribution in [3.05, 3.63) is 29.8 Å². The van der Waals surface area contributed by atoms with Crippen molar-refractivity contribution >= 4 is 22.7 Å². The molecule has 28 heavy (non-hydrogen) atoms. The molecule has 0 amide bonds. The number of ether oxygens (including phenoxy) is 1. The summed E-state index contributed by atoms with van der Waals surface area (Å²) in [5.74, 6) is -0.394. The van der Waals surface area contributed by atoms with Crippen molar-refractivity contribution < 1.29 is 13.9 Å². The zero-order valence-corrected chi connectivity index (χ0v) is 16.7. The third kappa shape index (κ3) is 4.38. The maximum atomic E-state index is 14.9. The van der Waals surface area contributed by atoms with Gasteiger partial charge in [0.05, 0.1) is 12.0 Å². The summed E-state index contributed by atoms with van der Waals surface area (Å²) in [4.78, 5) is 22.7. The van der Waals surface area contributed by atoms with Crippen molar-refractivity contribution in [2.45, 2.75) is 46.1 Å². The summed E-state index contributed by atoms with van der Waals surface area (Å²) in [5.41, 5.74) is 0.761. The summed E-state index contributed by atoms with van der Waals surface area (Å²) in [5, 5.41) is 9.29. The van der Waals surface area contributed by atoms with E-state index in [4.69, 9.17) is 4.74 Å². The molecule has 6 nitrogen and oxygen atoms in total. The van der Waals surface area contributed by atoms with Crippen LogP contribution in [0.25, 0.3) is 11.0 Å². The van der Waals surface area contributed by atoms with Crippen LogP contribution in [0.3, 0.4) is 0 Å². The molecule has 2 heterocycles. The van der Waals surface area contributed by atoms with Crippen LogP contribution >= 0.6 is 0 Å². The zero-order valence-electron chi connectivity index (χ0n) is 16.7. The van der Waals surface area contributed by atoms with Gasteiger partial charge in [-0.3, -0.25) is 14.8 Å². The highest BCUT2D eigenvalue weighted by Gasteiger charge is 2.31. The molecule has 0 bridgehead atoms. The number of aromatic nitrogens is 2. The van der Waals surface area contributed by atoms with E-state index in [1.165, 1.54) is 18.5 Å². The van der Waals surface area contributed by atoms with Crippen LogP contribution in [0, 0.1) is 29.0 Å². The number of nitriles is 1. The van der Waals surface area contributed by atoms with Crippen LogP contribution in [-0.4, -0.2) is 34.6 Å². The van der Waals surface area contributed by atoms with Gasteiger partial charge in [0.1, 0.15) is 34.2 Å². The largest absolute Gasteiger partial charge is 0.460 e. The van der Waals surface area contributed by atoms with Gasteiger partial charge in [-0.05, 0) is 45.1 Å². The van der Waals surface area contributed by atoms with Crippen LogP contribution in [0.4, 0.5) is 10.1 Å². The Kier molecular flexibility index (Phi) is 5.50. The molecule has 0 spiro atoms. The number of nitrogens with zero attached hydrogens (tertiary/aromatic N) is 4. The van der Waals surface area contributed by atoms with Gasteiger partial charge >= 0.3 is 5.97 Å². The van der Waals surface area contributed by atoms with Crippen LogP contribution in [-0.2, 0) is 9.53 Å². The highest BCUT2D eigenvalue weighted by molar-refractivity contribution is 5.92. The molecule has 1 fully saturated rings. The zero-order chi connectivity index (χ0) is 20.5. The smallest absolute Gasteiger partial charge is 0.306 e. The molecule has 1 saturated heterocycles. The van der Waals surface area contributed by atoms with Gasteiger partial charge in [0.25, 0.3) is 0 Å². The second-order valence-electron chi connectivity index (χ2n) is 8.52. The number of benzene rings is 1. The molecule has 1 aliphatic rings. The fourth-order valence-electron chi connectivity index (χ4n) is 3.90. The van der Waals surface area contributed by atoms with E-state index in [9.17, 15) is 14.4 Å². The SMILES string of the molecule is C[C@H]1C[C@@H](CC(=O)OC(C)(C)C)CN(c2c(F)cc(C#N)c3nccnc23)C1. The lowest BCUT2D eigenvalue weighted by atomic mass is 9.87. The predicted octanol–water partition coefficient (Wildman–Crippen LogP) is 3.83. The first-order chi connectivity index (χ1) is 13.2. The number of fused-ring (bicyclic) bond motifs is 1. The maximum absolute atomic E-state index is 14.9. The van der Waals surface area contributed by atoms with E-state index >= 15 is 0 Å². The molecule has 2 atom stereocenters. The molecule has 148 valence electrons. The minimum Gasteiger partial charge on any atom is -0.460 e. The number of rotatable bonds is 3. The van der Waals surface area contributed by atoms with Crippen LogP contribution in [0.1, 0.15) is 46.1 Å². The first kappa shape index (κ1) is 20.0. The average Bonchev–Trinajstić information content (AvgIpc) is 2.58. The third-order valence-corrected chi connectivity index (χ3v) is 4.73. The van der Waals surface area contributed by atoms with Gasteiger partial charge in [0.2, 0.25) is 0 Å². The lowest BCUT2D eigenvalue weighted by molar-refractivity contribution is -0.156. The number of hydrogen-bond acceptors (Lipinski definition) is 6. The Hall–Kier alpha value is -2.75. The second kappa shape index (κ2) is 7.70. The third-order valence-electron chi connectivity index (χ3n) is 4.73. The van der Waals surface area contributed by atoms with Crippen molar-refractivity contribution in [2.75, 3.05) is 18.0 Å². The number of carbonyl (C=O) groups is 1. The molecule has 0 aliphatic carbocycles. The topological polar surface area (TPSA) is 79.1 Å². The van der Waals surface area contributed by atoms with E-state index in [1.54, 1.807) is 0 Å². The quantitative estimate of drug-likeness (QED) is 0.748. The Labute approximate surface area is 164 Å². The van der Waals surface area contributed by atoms with Gasteiger partial charge in [-0.1, -0.05) is 6.92 Å². The number of esters is 1. The van der Waals surface area contributed by atoms with Crippen molar-refractivity contribution in [2.24, 2.45) is 11.8 Å². The highest BCUT2D eigenvalue weighted by Crippen LogP contribution is 2.35. The fourth-order valence-corrected chi connectivity index (χ4v) is 3.90. The van der Waals surface area contributed by atoms with E-state index in [1.807, 2.05) is 31.7 Å². The molecule has 0 unspecified atom stereocenters. The van der Waals surface area contributed by atoms with Gasteiger partial charge in [-0.2, -0.15) is 5.26 Å². The first-order valence-corrected chi connectivity index (χ1v) is 9.48. The van der Waals surface area contributed by atoms with Crippen LogP contribution in [0.5, 0.6) is 0 Å². The van der Waals surface area contributed by atoms with Gasteiger partial charge < -0.3 is 9.64 Å². The normalized spacial score (nSPS) is 20.1. The predicted molar refractivity (Wildman–Crippen MR) is 104 cm³/mol. The molecule has 1 aromatic carbocycles. The highest BCUT2D eigenvalue weighted by atomic mass is 19.1. The van der Waals surface area contributed by atoms with Crippen molar-refractivity contribution in [3.63, 3.8) is 0 Å². The maximum Gasteiger partial charge on any atom is 0.306 e. The molecule has 1 aromatic heterocycles. The minimum atomic E-state index is -0.526. The number of hydrogen-bond donors (Lipinski definition) is 0. The van der Waals surface area contributed by atoms with Crippen LogP contribution < -0.4 is 4.90 Å². The van der Waals surface area contributed by atoms with Gasteiger partial charge in [-0.25, -0.2) is 4.39 Å². The molecular weight excluding hydrogens is 359 g/mol. The summed E-state index contributed by atoms with van der Waals surface area (Å²) in [6.07, 6.45) is 4.16. The van der Waals surface area contributed by atoms with Crippen molar-refractivity contribution in [1.82, 2.24) is 9.97 Å². The Balaban J connectivity index is 1.90. The molecular formula is C21H25FN4O2. The lowest BCUT2D eigenvalue weighted by Crippen LogP contribution is -2.41. The summed E-state index contributed by atoms with van der Waals surface area (Å²) < 4.78 is 20.4. The molecule has 1 aliphatic heterocycles. The van der Waals surface area contributed by atoms with Crippen LogP contribution in [0.15, 0.2) is 18.5 Å². The number of carbonyl (C=O) groups excluding carboxylic acids is 1. The van der Waals surface area contributed by atoms with E-state index in [0.717, 1.165) is 6.42 Å². The fraction of sp³-hybridized carbons (Fsp3) is 0.524. The molecule has 0 saturated carbocycles. The second-order valence-corrected chi connectivity index (χ2v) is 8.52. The Morgan fingerprint density at radius 1 is 1.32 bits per heavy atom. The summed E-state index contributed by atoms with van der Waals surface area (Å²) in [6.45, 7) is 8.80. The van der Waals surface area contributed by atoms with Gasteiger partial charge in [-0.15, -0.1) is 0 Å². The van der Waals surface area contributed by atoms with Gasteiger partial charge in [0.15, 0.2) is 0 Å². The van der Waals surface area contributed by atoms with Gasteiger partial charge in [0, 0.05) is 25.5 Å². The lowest BCUT2D eigenvalue weighted by Gasteiger charge is -2.38. The van der Waals surface area contributed by atoms with Crippen molar-refractivity contribution in [3.8, 4) is 6.07 Å². The summed E-state index contributed by atoms with van der Waals surface area (Å²) in [6, 6.07) is 3.20. The number of anilines is 1. The van der Waals surface area contributed by atoms with Crippen molar-refractivity contribution in [1.29, 1.82) is 5.26 Å². The van der Waals surface area contributed by atoms with Crippen LogP contribution in [0.2, 0.25) is 0 Å². The van der Waals surface area contributed by atoms with E-state index < -0.39 is 11.4 Å². The molecule has 0 radical (unpaired) electrons. The van der Waals surface area contributed by atoms with E-state index in [2.05, 4.69) is 16.9 Å². The summed E-state index contributed by atoms with van der Waals surface area (Å²) >= 11 is 0. The Morgan fingerprint density at radius 2 is 2.00 bits per heavy atom. The minimum absolute atomic E-state index is 0.0559. The summed E-state index contributed by atoms with van der Waals surface area (Å²) in [7, 11) is 0. The molecule has 7 heteroatoms. The number of halogens is 1. The first-order valence-electron chi connectivity index (χ1n) is 9.48. The Bertz CT molecular complexity index is 932. The van der Waals surface area contributed by atoms with E-state index in [0.29, 0.717) is 36.2 Å². The standard InChI is InChI=1S/C21H25FN4O2/c1-13-7-14(8-17(27)28-21(2,3)4)12-26(11-13)20-16(22)9-15(10-23)18-19(20)25-6-5-24-18/h5-6,9,13-14H,7-8,11-12H2,1-4H3/t13-,14-/m0/s1. The average molecular weight is 384 g/mol. The number of piperidine rings is 1. The molecule has 2 aromatic rings. The Morgan fingerprint density at radius 3 is 2.64 bits per heavy atom.